The molecule has 1 heterocycles. The normalized spacial score (nSPS) is 18.7. The second-order valence-corrected chi connectivity index (χ2v) is 6.45. The molecule has 126 valence electrons. The van der Waals surface area contributed by atoms with Crippen molar-refractivity contribution in [2.75, 3.05) is 24.5 Å². The summed E-state index contributed by atoms with van der Waals surface area (Å²) in [4.78, 5) is 26.8. The van der Waals surface area contributed by atoms with Gasteiger partial charge in [-0.1, -0.05) is 0 Å². The first-order valence-electron chi connectivity index (χ1n) is 7.40. The maximum Gasteiger partial charge on any atom is 0.411 e. The highest BCUT2D eigenvalue weighted by atomic mass is 19.1. The zero-order valence-electron chi connectivity index (χ0n) is 13.5. The van der Waals surface area contributed by atoms with Crippen LogP contribution in [0.5, 0.6) is 0 Å². The number of hydrogen-bond acceptors (Lipinski definition) is 4. The number of aliphatic carboxylic acids is 1. The van der Waals surface area contributed by atoms with E-state index in [-0.39, 0.29) is 18.9 Å². The minimum atomic E-state index is -1.09. The van der Waals surface area contributed by atoms with E-state index in [1.165, 1.54) is 17.0 Å². The van der Waals surface area contributed by atoms with Crippen LogP contribution in [0.15, 0.2) is 24.3 Å². The van der Waals surface area contributed by atoms with Crippen LogP contribution in [0.1, 0.15) is 20.8 Å². The Kier molecular flexibility index (Phi) is 4.77. The minimum absolute atomic E-state index is 0.125. The molecule has 0 saturated carbocycles. The smallest absolute Gasteiger partial charge is 0.411 e. The number of halogens is 1. The first kappa shape index (κ1) is 17.1. The van der Waals surface area contributed by atoms with Gasteiger partial charge in [-0.2, -0.15) is 0 Å². The van der Waals surface area contributed by atoms with Gasteiger partial charge >= 0.3 is 12.1 Å². The Morgan fingerprint density at radius 2 is 1.83 bits per heavy atom. The summed E-state index contributed by atoms with van der Waals surface area (Å²) in [7, 11) is 0. The van der Waals surface area contributed by atoms with Crippen LogP contribution in [0.25, 0.3) is 0 Å². The molecular weight excluding hydrogens is 303 g/mol. The van der Waals surface area contributed by atoms with Gasteiger partial charge in [-0.05, 0) is 45.0 Å². The first-order chi connectivity index (χ1) is 10.7. The van der Waals surface area contributed by atoms with Crippen molar-refractivity contribution in [1.29, 1.82) is 0 Å². The summed E-state index contributed by atoms with van der Waals surface area (Å²) in [6, 6.07) is 4.83. The van der Waals surface area contributed by atoms with E-state index in [0.29, 0.717) is 6.54 Å². The zero-order valence-corrected chi connectivity index (χ0v) is 13.5. The fraction of sp³-hybridized carbons (Fsp3) is 0.500. The van der Waals surface area contributed by atoms with Crippen LogP contribution >= 0.6 is 0 Å². The van der Waals surface area contributed by atoms with Gasteiger partial charge in [-0.15, -0.1) is 0 Å². The maximum atomic E-state index is 13.0. The van der Waals surface area contributed by atoms with Crippen molar-refractivity contribution in [2.24, 2.45) is 0 Å². The third kappa shape index (κ3) is 4.34. The molecule has 23 heavy (non-hydrogen) atoms. The SMILES string of the molecule is CC(C)(C)OC(=O)N1CCN(c2ccc(F)cc2)C[C@H]1C(=O)O. The molecule has 1 N–H and O–H groups in total. The lowest BCUT2D eigenvalue weighted by Gasteiger charge is -2.40. The summed E-state index contributed by atoms with van der Waals surface area (Å²) in [5, 5.41) is 9.43. The van der Waals surface area contributed by atoms with E-state index >= 15 is 0 Å². The Balaban J connectivity index is 2.13. The Hall–Kier alpha value is -2.31. The summed E-state index contributed by atoms with van der Waals surface area (Å²) in [6.07, 6.45) is -0.636. The molecule has 0 radical (unpaired) electrons. The van der Waals surface area contributed by atoms with Gasteiger partial charge in [0.2, 0.25) is 0 Å². The van der Waals surface area contributed by atoms with Gasteiger partial charge in [0.1, 0.15) is 17.5 Å². The Morgan fingerprint density at radius 3 is 2.35 bits per heavy atom. The molecule has 0 bridgehead atoms. The van der Waals surface area contributed by atoms with E-state index < -0.39 is 23.7 Å². The Labute approximate surface area is 134 Å². The summed E-state index contributed by atoms with van der Waals surface area (Å²) < 4.78 is 18.3. The van der Waals surface area contributed by atoms with Gasteiger partial charge in [-0.25, -0.2) is 14.0 Å². The lowest BCUT2D eigenvalue weighted by Crippen LogP contribution is -2.59. The molecule has 1 aromatic carbocycles. The van der Waals surface area contributed by atoms with E-state index in [9.17, 15) is 19.1 Å². The number of carbonyl (C=O) groups is 2. The highest BCUT2D eigenvalue weighted by Crippen LogP contribution is 2.21. The van der Waals surface area contributed by atoms with Gasteiger partial charge in [0.05, 0.1) is 0 Å². The molecule has 1 aliphatic rings. The van der Waals surface area contributed by atoms with Crippen LogP contribution in [0.4, 0.5) is 14.9 Å². The van der Waals surface area contributed by atoms with Gasteiger partial charge in [0.15, 0.2) is 0 Å². The third-order valence-electron chi connectivity index (χ3n) is 3.49. The van der Waals surface area contributed by atoms with Crippen LogP contribution in [-0.4, -0.2) is 53.3 Å². The standard InChI is InChI=1S/C16H21FN2O4/c1-16(2,3)23-15(22)19-9-8-18(10-13(19)14(20)21)12-6-4-11(17)5-7-12/h4-7,13H,8-10H2,1-3H3,(H,20,21)/t13-/m0/s1. The van der Waals surface area contributed by atoms with Gasteiger partial charge in [-0.3, -0.25) is 4.90 Å². The highest BCUT2D eigenvalue weighted by Gasteiger charge is 2.37. The van der Waals surface area contributed by atoms with Crippen molar-refractivity contribution < 1.29 is 23.8 Å². The number of carboxylic acids is 1. The maximum absolute atomic E-state index is 13.0. The summed E-state index contributed by atoms with van der Waals surface area (Å²) in [5.74, 6) is -1.45. The van der Waals surface area contributed by atoms with Crippen LogP contribution in [0.3, 0.4) is 0 Å². The molecular formula is C16H21FN2O4. The fourth-order valence-corrected chi connectivity index (χ4v) is 2.42. The van der Waals surface area contributed by atoms with Crippen LogP contribution in [-0.2, 0) is 9.53 Å². The van der Waals surface area contributed by atoms with E-state index in [1.807, 2.05) is 4.90 Å². The van der Waals surface area contributed by atoms with Crippen molar-refractivity contribution in [3.05, 3.63) is 30.1 Å². The molecule has 1 atom stereocenters. The topological polar surface area (TPSA) is 70.1 Å². The van der Waals surface area contributed by atoms with Gasteiger partial charge in [0, 0.05) is 25.3 Å². The quantitative estimate of drug-likeness (QED) is 0.904. The molecule has 0 aromatic heterocycles. The number of benzene rings is 1. The van der Waals surface area contributed by atoms with Crippen molar-refractivity contribution in [2.45, 2.75) is 32.4 Å². The second kappa shape index (κ2) is 6.44. The lowest BCUT2D eigenvalue weighted by atomic mass is 10.1. The van der Waals surface area contributed by atoms with Crippen LogP contribution in [0.2, 0.25) is 0 Å². The predicted molar refractivity (Wildman–Crippen MR) is 83.0 cm³/mol. The van der Waals surface area contributed by atoms with Crippen molar-refractivity contribution in [3.8, 4) is 0 Å². The monoisotopic (exact) mass is 324 g/mol. The van der Waals surface area contributed by atoms with Crippen molar-refractivity contribution in [3.63, 3.8) is 0 Å². The third-order valence-corrected chi connectivity index (χ3v) is 3.49. The molecule has 1 saturated heterocycles. The van der Waals surface area contributed by atoms with E-state index in [2.05, 4.69) is 0 Å². The molecule has 1 aromatic rings. The molecule has 0 aliphatic carbocycles. The summed E-state index contributed by atoms with van der Waals surface area (Å²) in [6.45, 7) is 6.00. The van der Waals surface area contributed by atoms with E-state index in [0.717, 1.165) is 5.69 Å². The number of rotatable bonds is 2. The average Bonchev–Trinajstić information content (AvgIpc) is 2.45. The van der Waals surface area contributed by atoms with Crippen molar-refractivity contribution >= 4 is 17.7 Å². The average molecular weight is 324 g/mol. The minimum Gasteiger partial charge on any atom is -0.480 e. The lowest BCUT2D eigenvalue weighted by molar-refractivity contribution is -0.143. The zero-order chi connectivity index (χ0) is 17.2. The van der Waals surface area contributed by atoms with Crippen LogP contribution in [0, 0.1) is 5.82 Å². The largest absolute Gasteiger partial charge is 0.480 e. The molecule has 2 rings (SSSR count). The fourth-order valence-electron chi connectivity index (χ4n) is 2.42. The molecule has 1 aliphatic heterocycles. The van der Waals surface area contributed by atoms with E-state index in [1.54, 1.807) is 32.9 Å². The number of piperazine rings is 1. The first-order valence-corrected chi connectivity index (χ1v) is 7.40. The predicted octanol–water partition coefficient (Wildman–Crippen LogP) is 2.34. The molecule has 1 amide bonds. The number of anilines is 1. The summed E-state index contributed by atoms with van der Waals surface area (Å²) >= 11 is 0. The number of ether oxygens (including phenoxy) is 1. The molecule has 6 nitrogen and oxygen atoms in total. The highest BCUT2D eigenvalue weighted by molar-refractivity contribution is 5.81. The van der Waals surface area contributed by atoms with E-state index in [4.69, 9.17) is 4.74 Å². The van der Waals surface area contributed by atoms with Gasteiger partial charge in [0.25, 0.3) is 0 Å². The number of hydrogen-bond donors (Lipinski definition) is 1. The number of nitrogens with zero attached hydrogens (tertiary/aromatic N) is 2. The van der Waals surface area contributed by atoms with Crippen molar-refractivity contribution in [1.82, 2.24) is 4.90 Å². The molecule has 0 spiro atoms. The number of carboxylic acid groups (broad SMARTS) is 1. The number of amides is 1. The Bertz CT molecular complexity index is 583. The number of carbonyl (C=O) groups excluding carboxylic acids is 1. The Morgan fingerprint density at radius 1 is 1.22 bits per heavy atom. The van der Waals surface area contributed by atoms with Crippen LogP contribution < -0.4 is 4.90 Å². The van der Waals surface area contributed by atoms with Gasteiger partial charge < -0.3 is 14.7 Å². The second-order valence-electron chi connectivity index (χ2n) is 6.45. The molecule has 7 heteroatoms. The molecule has 1 fully saturated rings. The molecule has 0 unspecified atom stereocenters. The summed E-state index contributed by atoms with van der Waals surface area (Å²) in [5.41, 5.74) is 0.0373.